The fourth-order valence-electron chi connectivity index (χ4n) is 3.33. The third kappa shape index (κ3) is 4.90. The number of hydrogen-bond acceptors (Lipinski definition) is 4. The summed E-state index contributed by atoms with van der Waals surface area (Å²) in [6.45, 7) is 3.78. The molecule has 8 heteroatoms. The molecule has 0 bridgehead atoms. The van der Waals surface area contributed by atoms with E-state index in [4.69, 9.17) is 11.6 Å². The van der Waals surface area contributed by atoms with Crippen molar-refractivity contribution in [3.8, 4) is 5.69 Å². The summed E-state index contributed by atoms with van der Waals surface area (Å²) in [5, 5.41) is 4.04. The maximum Gasteiger partial charge on any atom is 0.265 e. The van der Waals surface area contributed by atoms with Crippen molar-refractivity contribution in [2.75, 3.05) is 11.1 Å². The molecule has 0 spiro atoms. The molecular formula is C24H19BrClN3O2S. The number of nitrogens with one attached hydrogen (secondary N) is 1. The topological polar surface area (TPSA) is 64.0 Å². The van der Waals surface area contributed by atoms with E-state index in [1.54, 1.807) is 22.8 Å². The second kappa shape index (κ2) is 9.48. The largest absolute Gasteiger partial charge is 0.325 e. The molecule has 1 amide bonds. The van der Waals surface area contributed by atoms with Crippen molar-refractivity contribution >= 4 is 61.8 Å². The third-order valence-electron chi connectivity index (χ3n) is 4.86. The molecule has 4 rings (SSSR count). The van der Waals surface area contributed by atoms with Crippen LogP contribution in [-0.2, 0) is 4.79 Å². The molecule has 0 aliphatic carbocycles. The van der Waals surface area contributed by atoms with Gasteiger partial charge in [0.05, 0.1) is 27.4 Å². The summed E-state index contributed by atoms with van der Waals surface area (Å²) in [6, 6.07) is 18.5. The van der Waals surface area contributed by atoms with Crippen molar-refractivity contribution < 1.29 is 4.79 Å². The summed E-state index contributed by atoms with van der Waals surface area (Å²) in [7, 11) is 0. The van der Waals surface area contributed by atoms with Gasteiger partial charge in [0, 0.05) is 15.1 Å². The van der Waals surface area contributed by atoms with E-state index in [1.807, 2.05) is 56.3 Å². The predicted molar refractivity (Wildman–Crippen MR) is 135 cm³/mol. The number of fused-ring (bicyclic) bond motifs is 1. The Hall–Kier alpha value is -2.61. The lowest BCUT2D eigenvalue weighted by Gasteiger charge is -2.12. The van der Waals surface area contributed by atoms with Gasteiger partial charge in [-0.25, -0.2) is 4.98 Å². The molecule has 5 nitrogen and oxygen atoms in total. The maximum absolute atomic E-state index is 13.1. The molecule has 162 valence electrons. The van der Waals surface area contributed by atoms with Crippen LogP contribution in [0.3, 0.4) is 0 Å². The minimum Gasteiger partial charge on any atom is -0.325 e. The molecule has 0 saturated heterocycles. The van der Waals surface area contributed by atoms with Gasteiger partial charge in [-0.05, 0) is 84.4 Å². The molecule has 32 heavy (non-hydrogen) atoms. The van der Waals surface area contributed by atoms with Gasteiger partial charge in [0.25, 0.3) is 5.56 Å². The lowest BCUT2D eigenvalue weighted by atomic mass is 10.1. The lowest BCUT2D eigenvalue weighted by molar-refractivity contribution is -0.113. The highest BCUT2D eigenvalue weighted by Gasteiger charge is 2.11. The van der Waals surface area contributed by atoms with Gasteiger partial charge in [0.15, 0.2) is 0 Å². The van der Waals surface area contributed by atoms with Gasteiger partial charge in [0.1, 0.15) is 5.82 Å². The Morgan fingerprint density at radius 2 is 1.84 bits per heavy atom. The number of anilines is 1. The lowest BCUT2D eigenvalue weighted by Crippen LogP contribution is -2.22. The highest BCUT2D eigenvalue weighted by atomic mass is 79.9. The Bertz CT molecular complexity index is 1390. The Morgan fingerprint density at radius 1 is 1.09 bits per heavy atom. The van der Waals surface area contributed by atoms with E-state index in [-0.39, 0.29) is 17.2 Å². The van der Waals surface area contributed by atoms with Gasteiger partial charge in [-0.2, -0.15) is 0 Å². The molecule has 4 aromatic rings. The zero-order valence-corrected chi connectivity index (χ0v) is 20.5. The van der Waals surface area contributed by atoms with E-state index < -0.39 is 0 Å². The second-order valence-corrected chi connectivity index (χ2v) is 9.59. The van der Waals surface area contributed by atoms with E-state index in [2.05, 4.69) is 26.2 Å². The first-order valence-electron chi connectivity index (χ1n) is 9.80. The van der Waals surface area contributed by atoms with Crippen molar-refractivity contribution in [1.29, 1.82) is 0 Å². The first-order chi connectivity index (χ1) is 15.3. The predicted octanol–water partition coefficient (Wildman–Crippen LogP) is 6.15. The number of aryl methyl sites for hydroxylation is 2. The molecule has 1 heterocycles. The van der Waals surface area contributed by atoms with Crippen LogP contribution < -0.4 is 10.9 Å². The first-order valence-corrected chi connectivity index (χ1v) is 12.0. The zero-order valence-electron chi connectivity index (χ0n) is 17.4. The van der Waals surface area contributed by atoms with Gasteiger partial charge in [-0.1, -0.05) is 23.2 Å². The van der Waals surface area contributed by atoms with Crippen LogP contribution in [0.2, 0.25) is 5.02 Å². The number of amides is 1. The number of rotatable bonds is 5. The molecule has 1 aromatic heterocycles. The second-order valence-electron chi connectivity index (χ2n) is 7.28. The number of aromatic nitrogens is 2. The average Bonchev–Trinajstić information content (AvgIpc) is 2.76. The van der Waals surface area contributed by atoms with Gasteiger partial charge < -0.3 is 5.32 Å². The fraction of sp³-hybridized carbons (Fsp3) is 0.125. The van der Waals surface area contributed by atoms with Crippen molar-refractivity contribution in [2.45, 2.75) is 18.7 Å². The number of thioether (sulfide) groups is 1. The first kappa shape index (κ1) is 22.6. The van der Waals surface area contributed by atoms with Crippen LogP contribution in [-0.4, -0.2) is 21.2 Å². The number of hydrogen-bond donors (Lipinski definition) is 1. The standard InChI is InChI=1S/C24H19BrClN3O2S/c1-14-3-10-22-19(11-14)24(31)29(15(2)27-22)17-5-7-18(8-6-17)32-13-23(30)28-16-4-9-21(26)20(25)12-16/h3-12H,13H2,1-2H3,(H,28,30). The van der Waals surface area contributed by atoms with Gasteiger partial charge in [0.2, 0.25) is 5.91 Å². The number of carbonyl (C=O) groups excluding carboxylic acids is 1. The molecule has 0 radical (unpaired) electrons. The van der Waals surface area contributed by atoms with Crippen LogP contribution in [0.5, 0.6) is 0 Å². The summed E-state index contributed by atoms with van der Waals surface area (Å²) in [6.07, 6.45) is 0. The van der Waals surface area contributed by atoms with Crippen molar-refractivity contribution in [1.82, 2.24) is 9.55 Å². The smallest absolute Gasteiger partial charge is 0.265 e. The normalized spacial score (nSPS) is 11.0. The highest BCUT2D eigenvalue weighted by molar-refractivity contribution is 9.10. The quantitative estimate of drug-likeness (QED) is 0.316. The number of nitrogens with zero attached hydrogens (tertiary/aromatic N) is 2. The molecule has 3 aromatic carbocycles. The van der Waals surface area contributed by atoms with Crippen LogP contribution in [0, 0.1) is 13.8 Å². The van der Waals surface area contributed by atoms with Gasteiger partial charge in [-0.15, -0.1) is 11.8 Å². The number of carbonyl (C=O) groups is 1. The molecule has 0 atom stereocenters. The van der Waals surface area contributed by atoms with Crippen LogP contribution >= 0.6 is 39.3 Å². The molecular weight excluding hydrogens is 510 g/mol. The summed E-state index contributed by atoms with van der Waals surface area (Å²) in [4.78, 5) is 30.9. The maximum atomic E-state index is 13.1. The van der Waals surface area contributed by atoms with Gasteiger partial charge >= 0.3 is 0 Å². The fourth-order valence-corrected chi connectivity index (χ4v) is 4.52. The van der Waals surface area contributed by atoms with Crippen molar-refractivity contribution in [3.05, 3.63) is 91.9 Å². The highest BCUT2D eigenvalue weighted by Crippen LogP contribution is 2.26. The van der Waals surface area contributed by atoms with E-state index in [1.165, 1.54) is 11.8 Å². The van der Waals surface area contributed by atoms with Crippen LogP contribution in [0.25, 0.3) is 16.6 Å². The molecule has 0 aliphatic heterocycles. The van der Waals surface area contributed by atoms with Crippen LogP contribution in [0.1, 0.15) is 11.4 Å². The van der Waals surface area contributed by atoms with E-state index in [0.717, 1.165) is 20.6 Å². The minimum absolute atomic E-state index is 0.0925. The molecule has 0 aliphatic rings. The van der Waals surface area contributed by atoms with E-state index >= 15 is 0 Å². The zero-order chi connectivity index (χ0) is 22.8. The van der Waals surface area contributed by atoms with Crippen LogP contribution in [0.4, 0.5) is 5.69 Å². The monoisotopic (exact) mass is 527 g/mol. The van der Waals surface area contributed by atoms with E-state index in [0.29, 0.717) is 27.4 Å². The Labute approximate surface area is 203 Å². The molecule has 0 unspecified atom stereocenters. The van der Waals surface area contributed by atoms with Crippen molar-refractivity contribution in [2.24, 2.45) is 0 Å². The number of halogens is 2. The Kier molecular flexibility index (Phi) is 6.69. The summed E-state index contributed by atoms with van der Waals surface area (Å²) < 4.78 is 2.34. The van der Waals surface area contributed by atoms with E-state index in [9.17, 15) is 9.59 Å². The molecule has 0 fully saturated rings. The third-order valence-corrected chi connectivity index (χ3v) is 7.09. The Morgan fingerprint density at radius 3 is 2.56 bits per heavy atom. The van der Waals surface area contributed by atoms with Crippen LogP contribution in [0.15, 0.2) is 74.8 Å². The summed E-state index contributed by atoms with van der Waals surface area (Å²) in [5.41, 5.74) is 3.03. The average molecular weight is 529 g/mol. The summed E-state index contributed by atoms with van der Waals surface area (Å²) in [5.74, 6) is 0.768. The molecule has 0 saturated carbocycles. The Balaban J connectivity index is 1.48. The summed E-state index contributed by atoms with van der Waals surface area (Å²) >= 11 is 10.7. The minimum atomic E-state index is -0.116. The number of benzene rings is 3. The van der Waals surface area contributed by atoms with Crippen molar-refractivity contribution in [3.63, 3.8) is 0 Å². The molecule has 1 N–H and O–H groups in total. The van der Waals surface area contributed by atoms with Gasteiger partial charge in [-0.3, -0.25) is 14.2 Å². The SMILES string of the molecule is Cc1ccc2nc(C)n(-c3ccc(SCC(=O)Nc4ccc(Cl)c(Br)c4)cc3)c(=O)c2c1.